The third kappa shape index (κ3) is 3.88. The largest absolute Gasteiger partial charge is 0.509 e. The number of rotatable bonds is 6. The average molecular weight is 334 g/mol. The van der Waals surface area contributed by atoms with Crippen LogP contribution in [0.4, 0.5) is 4.79 Å². The Bertz CT molecular complexity index is 613. The molecule has 2 aliphatic heterocycles. The quantitative estimate of drug-likeness (QED) is 0.637. The summed E-state index contributed by atoms with van der Waals surface area (Å²) in [7, 11) is 0. The summed E-state index contributed by atoms with van der Waals surface area (Å²) in [6.45, 7) is 0. The van der Waals surface area contributed by atoms with Crippen LogP contribution in [0.25, 0.3) is 0 Å². The molecule has 2 heterocycles. The number of carboxylic acid groups (broad SMARTS) is 1. The van der Waals surface area contributed by atoms with Gasteiger partial charge in [-0.25, -0.2) is 9.59 Å². The van der Waals surface area contributed by atoms with Crippen LogP contribution in [0.2, 0.25) is 0 Å². The number of fused-ring (bicyclic) bond motifs is 1. The first-order valence-corrected chi connectivity index (χ1v) is 8.63. The fourth-order valence-electron chi connectivity index (χ4n) is 2.88. The summed E-state index contributed by atoms with van der Waals surface area (Å²) in [5.74, 6) is -0.137. The molecule has 0 bridgehead atoms. The number of carboxylic acids is 1. The minimum Gasteiger partial charge on any atom is -0.478 e. The second kappa shape index (κ2) is 7.08. The van der Waals surface area contributed by atoms with Crippen LogP contribution in [0.15, 0.2) is 42.0 Å². The number of thioether (sulfide) groups is 1. The van der Waals surface area contributed by atoms with Gasteiger partial charge in [0.25, 0.3) is 0 Å². The van der Waals surface area contributed by atoms with Gasteiger partial charge in [-0.15, -0.1) is 0 Å². The van der Waals surface area contributed by atoms with E-state index in [2.05, 4.69) is 0 Å². The summed E-state index contributed by atoms with van der Waals surface area (Å²) in [5, 5.41) is 9.52. The maximum Gasteiger partial charge on any atom is 0.509 e. The lowest BCUT2D eigenvalue weighted by Crippen LogP contribution is -2.26. The summed E-state index contributed by atoms with van der Waals surface area (Å²) in [5.41, 5.74) is 1.38. The highest BCUT2D eigenvalue weighted by molar-refractivity contribution is 8.00. The molecule has 0 amide bonds. The third-order valence-electron chi connectivity index (χ3n) is 4.04. The molecule has 122 valence electrons. The predicted molar refractivity (Wildman–Crippen MR) is 86.5 cm³/mol. The van der Waals surface area contributed by atoms with Gasteiger partial charge in [0, 0.05) is 23.0 Å². The predicted octanol–water partition coefficient (Wildman–Crippen LogP) is 3.04. The van der Waals surface area contributed by atoms with Crippen LogP contribution in [-0.4, -0.2) is 40.4 Å². The lowest BCUT2D eigenvalue weighted by Gasteiger charge is -2.13. The van der Waals surface area contributed by atoms with Crippen LogP contribution in [0.3, 0.4) is 0 Å². The minimum atomic E-state index is -0.888. The molecule has 0 aliphatic carbocycles. The van der Waals surface area contributed by atoms with Gasteiger partial charge in [0.2, 0.25) is 0 Å². The molecule has 0 unspecified atom stereocenters. The summed E-state index contributed by atoms with van der Waals surface area (Å²) in [4.78, 5) is 22.5. The molecule has 5 nitrogen and oxygen atoms in total. The maximum absolute atomic E-state index is 11.4. The van der Waals surface area contributed by atoms with Crippen molar-refractivity contribution in [3.63, 3.8) is 0 Å². The number of hydrogen-bond acceptors (Lipinski definition) is 5. The van der Waals surface area contributed by atoms with Crippen molar-refractivity contribution in [1.29, 1.82) is 0 Å². The van der Waals surface area contributed by atoms with E-state index in [1.165, 1.54) is 0 Å². The standard InChI is InChI=1S/C17H18O5S/c18-16(19)12(9-11-5-2-1-3-6-11)7-4-8-14-15-13(10-23-14)21-17(20)22-15/h1-3,5-7,13-15H,4,8-10H2,(H,18,19)/b12-7+/t13-,14-,15-/m0/s1. The summed E-state index contributed by atoms with van der Waals surface area (Å²) in [6, 6.07) is 9.55. The van der Waals surface area contributed by atoms with Crippen molar-refractivity contribution >= 4 is 23.9 Å². The number of benzene rings is 1. The fraction of sp³-hybridized carbons (Fsp3) is 0.412. The molecule has 2 saturated heterocycles. The minimum absolute atomic E-state index is 0.148. The van der Waals surface area contributed by atoms with Crippen molar-refractivity contribution in [2.24, 2.45) is 0 Å². The molecule has 0 spiro atoms. The zero-order valence-electron chi connectivity index (χ0n) is 12.5. The Morgan fingerprint density at radius 2 is 2.09 bits per heavy atom. The zero-order valence-corrected chi connectivity index (χ0v) is 13.3. The molecule has 3 rings (SSSR count). The summed E-state index contributed by atoms with van der Waals surface area (Å²) in [6.07, 6.45) is 2.68. The van der Waals surface area contributed by atoms with E-state index in [0.29, 0.717) is 18.4 Å². The Balaban J connectivity index is 1.57. The Morgan fingerprint density at radius 3 is 2.83 bits per heavy atom. The van der Waals surface area contributed by atoms with Crippen molar-refractivity contribution in [3.8, 4) is 0 Å². The van der Waals surface area contributed by atoms with E-state index >= 15 is 0 Å². The molecule has 1 aromatic carbocycles. The van der Waals surface area contributed by atoms with Crippen LogP contribution < -0.4 is 0 Å². The first kappa shape index (κ1) is 15.9. The third-order valence-corrected chi connectivity index (χ3v) is 5.49. The van der Waals surface area contributed by atoms with Gasteiger partial charge in [-0.05, 0) is 18.4 Å². The van der Waals surface area contributed by atoms with E-state index in [1.807, 2.05) is 30.3 Å². The number of allylic oxidation sites excluding steroid dienone is 1. The molecule has 2 fully saturated rings. The molecule has 3 atom stereocenters. The lowest BCUT2D eigenvalue weighted by atomic mass is 10.0. The maximum atomic E-state index is 11.4. The molecule has 1 N–H and O–H groups in total. The Morgan fingerprint density at radius 1 is 1.30 bits per heavy atom. The number of aliphatic carboxylic acids is 1. The van der Waals surface area contributed by atoms with E-state index < -0.39 is 12.1 Å². The molecule has 0 aromatic heterocycles. The molecular weight excluding hydrogens is 316 g/mol. The van der Waals surface area contributed by atoms with Gasteiger partial charge in [0.05, 0.1) is 0 Å². The molecule has 0 radical (unpaired) electrons. The molecule has 2 aliphatic rings. The van der Waals surface area contributed by atoms with E-state index in [9.17, 15) is 14.7 Å². The highest BCUT2D eigenvalue weighted by atomic mass is 32.2. The Hall–Kier alpha value is -1.95. The van der Waals surface area contributed by atoms with E-state index in [4.69, 9.17) is 9.47 Å². The van der Waals surface area contributed by atoms with Gasteiger partial charge in [-0.2, -0.15) is 11.8 Å². The van der Waals surface area contributed by atoms with Crippen LogP contribution >= 0.6 is 11.8 Å². The first-order valence-electron chi connectivity index (χ1n) is 7.58. The van der Waals surface area contributed by atoms with E-state index in [-0.39, 0.29) is 17.5 Å². The van der Waals surface area contributed by atoms with Crippen LogP contribution in [0, 0.1) is 0 Å². The average Bonchev–Trinajstić information content (AvgIpc) is 3.07. The van der Waals surface area contributed by atoms with Crippen molar-refractivity contribution in [3.05, 3.63) is 47.5 Å². The van der Waals surface area contributed by atoms with Gasteiger partial charge < -0.3 is 14.6 Å². The summed E-state index contributed by atoms with van der Waals surface area (Å²) >= 11 is 1.72. The fourth-order valence-corrected chi connectivity index (χ4v) is 4.30. The van der Waals surface area contributed by atoms with Gasteiger partial charge in [-0.3, -0.25) is 0 Å². The Labute approximate surface area is 138 Å². The van der Waals surface area contributed by atoms with Crippen molar-refractivity contribution < 1.29 is 24.2 Å². The first-order chi connectivity index (χ1) is 11.1. The van der Waals surface area contributed by atoms with Gasteiger partial charge in [-0.1, -0.05) is 36.4 Å². The second-order valence-electron chi connectivity index (χ2n) is 5.63. The molecular formula is C17H18O5S. The molecule has 6 heteroatoms. The van der Waals surface area contributed by atoms with Crippen molar-refractivity contribution in [2.75, 3.05) is 5.75 Å². The van der Waals surface area contributed by atoms with E-state index in [0.717, 1.165) is 17.7 Å². The zero-order chi connectivity index (χ0) is 16.2. The topological polar surface area (TPSA) is 72.8 Å². The van der Waals surface area contributed by atoms with Crippen LogP contribution in [0.1, 0.15) is 18.4 Å². The smallest absolute Gasteiger partial charge is 0.478 e. The van der Waals surface area contributed by atoms with E-state index in [1.54, 1.807) is 17.8 Å². The van der Waals surface area contributed by atoms with Gasteiger partial charge in [0.15, 0.2) is 12.2 Å². The lowest BCUT2D eigenvalue weighted by molar-refractivity contribution is -0.132. The molecule has 1 aromatic rings. The number of carbonyl (C=O) groups is 2. The van der Waals surface area contributed by atoms with Crippen molar-refractivity contribution in [1.82, 2.24) is 0 Å². The highest BCUT2D eigenvalue weighted by Gasteiger charge is 2.46. The summed E-state index contributed by atoms with van der Waals surface area (Å²) < 4.78 is 10.2. The number of ether oxygens (including phenoxy) is 2. The number of hydrogen-bond donors (Lipinski definition) is 1. The van der Waals surface area contributed by atoms with Crippen molar-refractivity contribution in [2.45, 2.75) is 36.7 Å². The second-order valence-corrected chi connectivity index (χ2v) is 6.91. The highest BCUT2D eigenvalue weighted by Crippen LogP contribution is 2.38. The molecule has 23 heavy (non-hydrogen) atoms. The normalized spacial score (nSPS) is 26.5. The van der Waals surface area contributed by atoms with Crippen LogP contribution in [0.5, 0.6) is 0 Å². The molecule has 0 saturated carbocycles. The van der Waals surface area contributed by atoms with Gasteiger partial charge >= 0.3 is 12.1 Å². The SMILES string of the molecule is O=C1O[C@H]2[C@H](CS[C@H]2CC/C=C(\Cc2ccccc2)C(=O)O)O1. The number of carbonyl (C=O) groups excluding carboxylic acids is 1. The Kier molecular flexibility index (Phi) is 4.91. The van der Waals surface area contributed by atoms with Gasteiger partial charge in [0.1, 0.15) is 0 Å². The van der Waals surface area contributed by atoms with Crippen LogP contribution in [-0.2, 0) is 20.7 Å². The monoisotopic (exact) mass is 334 g/mol.